The maximum atomic E-state index is 10.1. The third-order valence-electron chi connectivity index (χ3n) is 3.85. The Morgan fingerprint density at radius 3 is 2.74 bits per heavy atom. The van der Waals surface area contributed by atoms with Crippen molar-refractivity contribution < 1.29 is 9.52 Å². The topological polar surface area (TPSA) is 58.6 Å². The number of phenolic OH excluding ortho intramolecular Hbond substituents is 1. The lowest BCUT2D eigenvalue weighted by molar-refractivity contribution is 0.471. The zero-order chi connectivity index (χ0) is 19.0. The number of rotatable bonds is 3. The van der Waals surface area contributed by atoms with Gasteiger partial charge in [-0.3, -0.25) is 4.99 Å². The van der Waals surface area contributed by atoms with Gasteiger partial charge in [0, 0.05) is 27.4 Å². The summed E-state index contributed by atoms with van der Waals surface area (Å²) in [5.41, 5.74) is 3.34. The Hall–Kier alpha value is -2.34. The zero-order valence-electron chi connectivity index (χ0n) is 13.7. The number of phenols is 1. The van der Waals surface area contributed by atoms with E-state index in [1.807, 2.05) is 24.3 Å². The van der Waals surface area contributed by atoms with Crippen LogP contribution in [0.15, 0.2) is 68.5 Å². The van der Waals surface area contributed by atoms with E-state index in [1.54, 1.807) is 36.5 Å². The number of hydrogen-bond donors (Lipinski definition) is 1. The van der Waals surface area contributed by atoms with E-state index >= 15 is 0 Å². The molecule has 1 N–H and O–H groups in total. The van der Waals surface area contributed by atoms with Crippen molar-refractivity contribution in [2.45, 2.75) is 0 Å². The molecular weight excluding hydrogens is 451 g/mol. The second-order valence-electron chi connectivity index (χ2n) is 5.77. The molecule has 4 aromatic rings. The molecule has 0 spiro atoms. The fraction of sp³-hybridized carbons (Fsp3) is 0. The van der Waals surface area contributed by atoms with E-state index in [1.165, 1.54) is 0 Å². The SMILES string of the molecule is Oc1c(Br)cc(Cl)cc1C=Nc1cccc(-c2nc3cc(Cl)ccc3o2)c1. The zero-order valence-corrected chi connectivity index (χ0v) is 16.8. The van der Waals surface area contributed by atoms with Gasteiger partial charge in [0.1, 0.15) is 11.3 Å². The molecule has 4 rings (SSSR count). The largest absolute Gasteiger partial charge is 0.506 e. The molecule has 0 saturated carbocycles. The van der Waals surface area contributed by atoms with Crippen LogP contribution < -0.4 is 0 Å². The van der Waals surface area contributed by atoms with Gasteiger partial charge < -0.3 is 9.52 Å². The lowest BCUT2D eigenvalue weighted by Gasteiger charge is -2.03. The van der Waals surface area contributed by atoms with E-state index in [0.717, 1.165) is 5.56 Å². The molecular formula is C20H11BrCl2N2O2. The number of halogens is 3. The fourth-order valence-corrected chi connectivity index (χ4v) is 3.57. The molecule has 4 nitrogen and oxygen atoms in total. The van der Waals surface area contributed by atoms with Gasteiger partial charge in [0.05, 0.1) is 10.2 Å². The first-order valence-electron chi connectivity index (χ1n) is 7.88. The van der Waals surface area contributed by atoms with Crippen LogP contribution in [-0.4, -0.2) is 16.3 Å². The molecule has 0 aliphatic rings. The van der Waals surface area contributed by atoms with Crippen molar-refractivity contribution in [3.63, 3.8) is 0 Å². The number of aromatic hydroxyl groups is 1. The average Bonchev–Trinajstić information content (AvgIpc) is 3.07. The van der Waals surface area contributed by atoms with Crippen LogP contribution in [0.1, 0.15) is 5.56 Å². The van der Waals surface area contributed by atoms with E-state index in [-0.39, 0.29) is 5.75 Å². The molecule has 0 aliphatic carbocycles. The van der Waals surface area contributed by atoms with Crippen molar-refractivity contribution in [2.24, 2.45) is 4.99 Å². The summed E-state index contributed by atoms with van der Waals surface area (Å²) >= 11 is 15.3. The minimum Gasteiger partial charge on any atom is -0.506 e. The number of oxazole rings is 1. The lowest BCUT2D eigenvalue weighted by Crippen LogP contribution is -1.84. The predicted octanol–water partition coefficient (Wildman–Crippen LogP) is 7.02. The Kier molecular flexibility index (Phi) is 4.91. The van der Waals surface area contributed by atoms with Gasteiger partial charge >= 0.3 is 0 Å². The van der Waals surface area contributed by atoms with E-state index < -0.39 is 0 Å². The Labute approximate surface area is 173 Å². The highest BCUT2D eigenvalue weighted by Crippen LogP contribution is 2.32. The van der Waals surface area contributed by atoms with E-state index in [4.69, 9.17) is 27.6 Å². The minimum absolute atomic E-state index is 0.0788. The summed E-state index contributed by atoms with van der Waals surface area (Å²) in [7, 11) is 0. The Morgan fingerprint density at radius 2 is 1.89 bits per heavy atom. The molecule has 0 amide bonds. The Balaban J connectivity index is 1.68. The third kappa shape index (κ3) is 3.86. The predicted molar refractivity (Wildman–Crippen MR) is 113 cm³/mol. The number of benzene rings is 3. The van der Waals surface area contributed by atoms with Gasteiger partial charge in [-0.15, -0.1) is 0 Å². The quantitative estimate of drug-likeness (QED) is 0.333. The molecule has 134 valence electrons. The molecule has 27 heavy (non-hydrogen) atoms. The third-order valence-corrected chi connectivity index (χ3v) is 4.91. The second-order valence-corrected chi connectivity index (χ2v) is 7.49. The highest BCUT2D eigenvalue weighted by molar-refractivity contribution is 9.10. The highest BCUT2D eigenvalue weighted by Gasteiger charge is 2.09. The maximum Gasteiger partial charge on any atom is 0.227 e. The fourth-order valence-electron chi connectivity index (χ4n) is 2.57. The number of hydrogen-bond acceptors (Lipinski definition) is 4. The number of aromatic nitrogens is 1. The van der Waals surface area contributed by atoms with Crippen LogP contribution in [0.5, 0.6) is 5.75 Å². The van der Waals surface area contributed by atoms with Crippen LogP contribution in [0, 0.1) is 0 Å². The molecule has 0 atom stereocenters. The van der Waals surface area contributed by atoms with Crippen molar-refractivity contribution in [3.8, 4) is 17.2 Å². The summed E-state index contributed by atoms with van der Waals surface area (Å²) in [6, 6.07) is 16.0. The number of aliphatic imine (C=N–C) groups is 1. The Morgan fingerprint density at radius 1 is 1.04 bits per heavy atom. The van der Waals surface area contributed by atoms with Crippen LogP contribution in [0.3, 0.4) is 0 Å². The van der Waals surface area contributed by atoms with Gasteiger partial charge in [-0.05, 0) is 64.5 Å². The molecule has 0 fully saturated rings. The maximum absolute atomic E-state index is 10.1. The normalized spacial score (nSPS) is 11.5. The van der Waals surface area contributed by atoms with Gasteiger partial charge in [0.15, 0.2) is 5.58 Å². The Bertz CT molecular complexity index is 1190. The molecule has 0 unspecified atom stereocenters. The standard InChI is InChI=1S/C20H11BrCl2N2O2/c21-16-8-14(23)6-12(19(16)26)10-24-15-3-1-2-11(7-15)20-25-17-9-13(22)4-5-18(17)27-20/h1-10,26H. The monoisotopic (exact) mass is 460 g/mol. The number of fused-ring (bicyclic) bond motifs is 1. The molecule has 1 heterocycles. The molecule has 0 radical (unpaired) electrons. The second kappa shape index (κ2) is 7.35. The number of nitrogens with zero attached hydrogens (tertiary/aromatic N) is 2. The summed E-state index contributed by atoms with van der Waals surface area (Å²) < 4.78 is 6.30. The van der Waals surface area contributed by atoms with Crippen LogP contribution in [-0.2, 0) is 0 Å². The van der Waals surface area contributed by atoms with Gasteiger partial charge in [0.25, 0.3) is 0 Å². The summed E-state index contributed by atoms with van der Waals surface area (Å²) in [4.78, 5) is 8.89. The lowest BCUT2D eigenvalue weighted by atomic mass is 10.2. The van der Waals surface area contributed by atoms with Crippen LogP contribution >= 0.6 is 39.1 Å². The molecule has 0 saturated heterocycles. The van der Waals surface area contributed by atoms with Crippen molar-refractivity contribution in [1.82, 2.24) is 4.98 Å². The van der Waals surface area contributed by atoms with Crippen LogP contribution in [0.4, 0.5) is 5.69 Å². The van der Waals surface area contributed by atoms with E-state index in [9.17, 15) is 5.11 Å². The van der Waals surface area contributed by atoms with E-state index in [0.29, 0.717) is 42.8 Å². The molecule has 3 aromatic carbocycles. The van der Waals surface area contributed by atoms with Gasteiger partial charge in [-0.2, -0.15) is 0 Å². The van der Waals surface area contributed by atoms with Crippen molar-refractivity contribution in [3.05, 3.63) is 74.7 Å². The molecule has 7 heteroatoms. The van der Waals surface area contributed by atoms with Crippen molar-refractivity contribution >= 4 is 62.1 Å². The highest BCUT2D eigenvalue weighted by atomic mass is 79.9. The van der Waals surface area contributed by atoms with Gasteiger partial charge in [0.2, 0.25) is 5.89 Å². The molecule has 0 aliphatic heterocycles. The molecule has 1 aromatic heterocycles. The first kappa shape index (κ1) is 18.0. The minimum atomic E-state index is 0.0788. The van der Waals surface area contributed by atoms with Crippen LogP contribution in [0.25, 0.3) is 22.6 Å². The van der Waals surface area contributed by atoms with Crippen molar-refractivity contribution in [1.29, 1.82) is 0 Å². The summed E-state index contributed by atoms with van der Waals surface area (Å²) in [5, 5.41) is 11.2. The molecule has 0 bridgehead atoms. The van der Waals surface area contributed by atoms with Gasteiger partial charge in [-0.1, -0.05) is 29.3 Å². The van der Waals surface area contributed by atoms with Crippen LogP contribution in [0.2, 0.25) is 10.0 Å². The first-order valence-corrected chi connectivity index (χ1v) is 9.43. The van der Waals surface area contributed by atoms with Crippen molar-refractivity contribution in [2.75, 3.05) is 0 Å². The average molecular weight is 462 g/mol. The summed E-state index contributed by atoms with van der Waals surface area (Å²) in [6.45, 7) is 0. The summed E-state index contributed by atoms with van der Waals surface area (Å²) in [6.07, 6.45) is 1.55. The first-order chi connectivity index (χ1) is 13.0. The van der Waals surface area contributed by atoms with E-state index in [2.05, 4.69) is 25.9 Å². The smallest absolute Gasteiger partial charge is 0.227 e. The van der Waals surface area contributed by atoms with Gasteiger partial charge in [-0.25, -0.2) is 4.98 Å². The summed E-state index contributed by atoms with van der Waals surface area (Å²) in [5.74, 6) is 0.563.